The molecule has 1 aliphatic rings. The highest BCUT2D eigenvalue weighted by molar-refractivity contribution is 5.94. The van der Waals surface area contributed by atoms with Gasteiger partial charge in [0.15, 0.2) is 0 Å². The van der Waals surface area contributed by atoms with Gasteiger partial charge >= 0.3 is 5.97 Å². The molecule has 96 valence electrons. The molecule has 0 aromatic heterocycles. The number of benzene rings is 1. The number of hydrogen-bond acceptors (Lipinski definition) is 4. The molecule has 1 aliphatic heterocycles. The molecular weight excluding hydrogens is 236 g/mol. The molecule has 0 fully saturated rings. The van der Waals surface area contributed by atoms with Crippen molar-refractivity contribution in [2.75, 3.05) is 11.9 Å². The average molecular weight is 250 g/mol. The van der Waals surface area contributed by atoms with E-state index in [1.54, 1.807) is 18.2 Å². The molecular formula is C12H14N2O4. The summed E-state index contributed by atoms with van der Waals surface area (Å²) in [6, 6.07) is 4.18. The minimum Gasteiger partial charge on any atom is -0.491 e. The highest BCUT2D eigenvalue weighted by atomic mass is 16.5. The number of aryl methyl sites for hydroxylation is 1. The summed E-state index contributed by atoms with van der Waals surface area (Å²) < 4.78 is 5.30. The van der Waals surface area contributed by atoms with Crippen LogP contribution in [-0.2, 0) is 16.0 Å². The number of carbonyl (C=O) groups is 2. The molecule has 0 aliphatic carbocycles. The monoisotopic (exact) mass is 250 g/mol. The maximum Gasteiger partial charge on any atom is 0.324 e. The van der Waals surface area contributed by atoms with Crippen LogP contribution in [0.25, 0.3) is 0 Å². The first-order chi connectivity index (χ1) is 8.56. The van der Waals surface area contributed by atoms with Crippen LogP contribution in [0.15, 0.2) is 18.2 Å². The third-order valence-electron chi connectivity index (χ3n) is 2.72. The molecule has 4 N–H and O–H groups in total. The first-order valence-corrected chi connectivity index (χ1v) is 5.60. The lowest BCUT2D eigenvalue weighted by atomic mass is 10.0. The van der Waals surface area contributed by atoms with Crippen molar-refractivity contribution in [1.82, 2.24) is 0 Å². The van der Waals surface area contributed by atoms with Crippen molar-refractivity contribution >= 4 is 17.6 Å². The maximum absolute atomic E-state index is 11.2. The highest BCUT2D eigenvalue weighted by Crippen LogP contribution is 2.26. The Bertz CT molecular complexity index is 487. The largest absolute Gasteiger partial charge is 0.491 e. The number of carboxylic acids is 1. The fraction of sp³-hybridized carbons (Fsp3) is 0.333. The SMILES string of the molecule is NC(COc1ccc2c(c1)CCC(=O)N2)C(=O)O. The summed E-state index contributed by atoms with van der Waals surface area (Å²) in [5.74, 6) is -0.536. The van der Waals surface area contributed by atoms with E-state index in [-0.39, 0.29) is 12.5 Å². The van der Waals surface area contributed by atoms with Gasteiger partial charge in [0.2, 0.25) is 5.91 Å². The molecule has 1 unspecified atom stereocenters. The molecule has 6 heteroatoms. The molecule has 2 rings (SSSR count). The molecule has 1 aromatic rings. The summed E-state index contributed by atoms with van der Waals surface area (Å²) in [5, 5.41) is 11.4. The molecule has 1 heterocycles. The first-order valence-electron chi connectivity index (χ1n) is 5.60. The average Bonchev–Trinajstić information content (AvgIpc) is 2.35. The number of ether oxygens (including phenoxy) is 1. The number of carbonyl (C=O) groups excluding carboxylic acids is 1. The number of carboxylic acid groups (broad SMARTS) is 1. The second-order valence-electron chi connectivity index (χ2n) is 4.12. The van der Waals surface area contributed by atoms with Gasteiger partial charge in [0.25, 0.3) is 0 Å². The molecule has 1 amide bonds. The van der Waals surface area contributed by atoms with Gasteiger partial charge in [-0.15, -0.1) is 0 Å². The Hall–Kier alpha value is -2.08. The number of nitrogens with two attached hydrogens (primary N) is 1. The summed E-state index contributed by atoms with van der Waals surface area (Å²) in [6.07, 6.45) is 1.11. The van der Waals surface area contributed by atoms with Crippen LogP contribution in [-0.4, -0.2) is 29.6 Å². The highest BCUT2D eigenvalue weighted by Gasteiger charge is 2.16. The molecule has 0 saturated heterocycles. The van der Waals surface area contributed by atoms with Gasteiger partial charge in [0.1, 0.15) is 18.4 Å². The van der Waals surface area contributed by atoms with Crippen molar-refractivity contribution in [2.45, 2.75) is 18.9 Å². The van der Waals surface area contributed by atoms with Gasteiger partial charge in [-0.25, -0.2) is 0 Å². The zero-order chi connectivity index (χ0) is 13.1. The summed E-state index contributed by atoms with van der Waals surface area (Å²) >= 11 is 0. The van der Waals surface area contributed by atoms with Crippen molar-refractivity contribution < 1.29 is 19.4 Å². The maximum atomic E-state index is 11.2. The van der Waals surface area contributed by atoms with Crippen molar-refractivity contribution in [3.63, 3.8) is 0 Å². The second kappa shape index (κ2) is 5.05. The number of amides is 1. The van der Waals surface area contributed by atoms with Crippen LogP contribution in [0.2, 0.25) is 0 Å². The van der Waals surface area contributed by atoms with Crippen LogP contribution in [0, 0.1) is 0 Å². The minimum atomic E-state index is -1.10. The van der Waals surface area contributed by atoms with Crippen LogP contribution in [0.4, 0.5) is 5.69 Å². The van der Waals surface area contributed by atoms with Gasteiger partial charge in [-0.3, -0.25) is 9.59 Å². The van der Waals surface area contributed by atoms with Gasteiger partial charge in [-0.05, 0) is 30.2 Å². The van der Waals surface area contributed by atoms with Gasteiger partial charge < -0.3 is 20.9 Å². The number of aliphatic carboxylic acids is 1. The number of rotatable bonds is 4. The molecule has 0 saturated carbocycles. The standard InChI is InChI=1S/C12H14N2O4/c13-9(12(16)17)6-18-8-2-3-10-7(5-8)1-4-11(15)14-10/h2-3,5,9H,1,4,6,13H2,(H,14,15)(H,16,17). The van der Waals surface area contributed by atoms with Crippen LogP contribution in [0.3, 0.4) is 0 Å². The molecule has 1 atom stereocenters. The predicted octanol–water partition coefficient (Wildman–Crippen LogP) is 0.362. The lowest BCUT2D eigenvalue weighted by Crippen LogP contribution is -2.36. The van der Waals surface area contributed by atoms with Gasteiger partial charge in [-0.1, -0.05) is 0 Å². The van der Waals surface area contributed by atoms with Crippen molar-refractivity contribution in [2.24, 2.45) is 5.73 Å². The van der Waals surface area contributed by atoms with E-state index in [2.05, 4.69) is 5.32 Å². The Labute approximate surface area is 104 Å². The fourth-order valence-electron chi connectivity index (χ4n) is 1.71. The molecule has 18 heavy (non-hydrogen) atoms. The van der Waals surface area contributed by atoms with E-state index in [4.69, 9.17) is 15.6 Å². The number of nitrogens with one attached hydrogen (secondary N) is 1. The van der Waals surface area contributed by atoms with Crippen LogP contribution in [0.5, 0.6) is 5.75 Å². The van der Waals surface area contributed by atoms with Crippen LogP contribution < -0.4 is 15.8 Å². The topological polar surface area (TPSA) is 102 Å². The Kier molecular flexibility index (Phi) is 3.47. The third kappa shape index (κ3) is 2.78. The summed E-state index contributed by atoms with van der Waals surface area (Å²) in [5.41, 5.74) is 7.10. The number of hydrogen-bond donors (Lipinski definition) is 3. The molecule has 0 radical (unpaired) electrons. The molecule has 0 bridgehead atoms. The Morgan fingerprint density at radius 1 is 1.50 bits per heavy atom. The lowest BCUT2D eigenvalue weighted by molar-refractivity contribution is -0.139. The van der Waals surface area contributed by atoms with E-state index in [9.17, 15) is 9.59 Å². The van der Waals surface area contributed by atoms with Gasteiger partial charge in [0.05, 0.1) is 0 Å². The number of anilines is 1. The van der Waals surface area contributed by atoms with E-state index in [0.717, 1.165) is 11.3 Å². The molecule has 6 nitrogen and oxygen atoms in total. The summed E-state index contributed by atoms with van der Waals surface area (Å²) in [6.45, 7) is -0.0829. The Morgan fingerprint density at radius 2 is 2.28 bits per heavy atom. The van der Waals surface area contributed by atoms with E-state index in [0.29, 0.717) is 18.6 Å². The van der Waals surface area contributed by atoms with E-state index in [1.165, 1.54) is 0 Å². The summed E-state index contributed by atoms with van der Waals surface area (Å²) in [4.78, 5) is 21.7. The predicted molar refractivity (Wildman–Crippen MR) is 64.5 cm³/mol. The second-order valence-corrected chi connectivity index (χ2v) is 4.12. The summed E-state index contributed by atoms with van der Waals surface area (Å²) in [7, 11) is 0. The molecule has 0 spiro atoms. The fourth-order valence-corrected chi connectivity index (χ4v) is 1.71. The zero-order valence-electron chi connectivity index (χ0n) is 9.68. The Balaban J connectivity index is 2.03. The van der Waals surface area contributed by atoms with E-state index in [1.807, 2.05) is 0 Å². The van der Waals surface area contributed by atoms with Crippen LogP contribution in [0.1, 0.15) is 12.0 Å². The zero-order valence-corrected chi connectivity index (χ0v) is 9.68. The van der Waals surface area contributed by atoms with Crippen LogP contribution >= 0.6 is 0 Å². The van der Waals surface area contributed by atoms with Gasteiger partial charge in [-0.2, -0.15) is 0 Å². The number of fused-ring (bicyclic) bond motifs is 1. The normalized spacial score (nSPS) is 15.5. The third-order valence-corrected chi connectivity index (χ3v) is 2.72. The smallest absolute Gasteiger partial charge is 0.324 e. The molecule has 1 aromatic carbocycles. The van der Waals surface area contributed by atoms with Gasteiger partial charge in [0, 0.05) is 12.1 Å². The van der Waals surface area contributed by atoms with Crippen molar-refractivity contribution in [3.05, 3.63) is 23.8 Å². The minimum absolute atomic E-state index is 0.00377. The van der Waals surface area contributed by atoms with Crippen molar-refractivity contribution in [3.8, 4) is 5.75 Å². The quantitative estimate of drug-likeness (QED) is 0.716. The lowest BCUT2D eigenvalue weighted by Gasteiger charge is -2.18. The Morgan fingerprint density at radius 3 is 3.00 bits per heavy atom. The van der Waals surface area contributed by atoms with E-state index >= 15 is 0 Å². The van der Waals surface area contributed by atoms with E-state index < -0.39 is 12.0 Å². The van der Waals surface area contributed by atoms with Crippen molar-refractivity contribution in [1.29, 1.82) is 0 Å². The first kappa shape index (κ1) is 12.4.